The minimum absolute atomic E-state index is 0.225. The fraction of sp³-hybridized carbons (Fsp3) is 0.385. The third kappa shape index (κ3) is 5.41. The number of methoxy groups -OCH3 is 1. The second-order valence-electron chi connectivity index (χ2n) is 3.77. The lowest BCUT2D eigenvalue weighted by molar-refractivity contribution is 0.196. The van der Waals surface area contributed by atoms with Crippen molar-refractivity contribution >= 4 is 10.0 Å². The summed E-state index contributed by atoms with van der Waals surface area (Å²) >= 11 is 0. The molecular weight excluding hydrogens is 264 g/mol. The van der Waals surface area contributed by atoms with E-state index in [0.717, 1.165) is 5.56 Å². The van der Waals surface area contributed by atoms with Crippen LogP contribution in [0.25, 0.3) is 0 Å². The number of sulfonamides is 1. The fourth-order valence-electron chi connectivity index (χ4n) is 1.38. The predicted molar refractivity (Wildman–Crippen MR) is 74.1 cm³/mol. The van der Waals surface area contributed by atoms with Crippen LogP contribution in [0, 0.1) is 11.8 Å². The minimum atomic E-state index is -3.46. The van der Waals surface area contributed by atoms with Gasteiger partial charge in [0, 0.05) is 25.8 Å². The highest BCUT2D eigenvalue weighted by molar-refractivity contribution is 7.89. The first-order valence-electron chi connectivity index (χ1n) is 5.88. The van der Waals surface area contributed by atoms with E-state index in [9.17, 15) is 8.42 Å². The van der Waals surface area contributed by atoms with Gasteiger partial charge in [-0.1, -0.05) is 11.8 Å². The minimum Gasteiger partial charge on any atom is -0.385 e. The number of benzene rings is 1. The molecule has 0 unspecified atom stereocenters. The summed E-state index contributed by atoms with van der Waals surface area (Å²) in [5.41, 5.74) is 6.00. The van der Waals surface area contributed by atoms with E-state index in [1.54, 1.807) is 19.2 Å². The molecule has 0 atom stereocenters. The highest BCUT2D eigenvalue weighted by atomic mass is 32.2. The van der Waals surface area contributed by atoms with Crippen LogP contribution in [0.1, 0.15) is 12.0 Å². The molecule has 0 amide bonds. The highest BCUT2D eigenvalue weighted by Crippen LogP contribution is 2.09. The molecular formula is C13H18N2O3S. The Hall–Kier alpha value is -1.39. The van der Waals surface area contributed by atoms with Gasteiger partial charge in [0.1, 0.15) is 0 Å². The molecule has 1 aromatic rings. The molecule has 0 aliphatic heterocycles. The quantitative estimate of drug-likeness (QED) is 0.581. The van der Waals surface area contributed by atoms with Crippen LogP contribution >= 0.6 is 0 Å². The fourth-order valence-corrected chi connectivity index (χ4v) is 2.45. The molecule has 0 saturated heterocycles. The van der Waals surface area contributed by atoms with Crippen molar-refractivity contribution in [3.8, 4) is 11.8 Å². The molecule has 6 heteroatoms. The van der Waals surface area contributed by atoms with E-state index < -0.39 is 10.0 Å². The summed E-state index contributed by atoms with van der Waals surface area (Å²) in [6, 6.07) is 6.37. The van der Waals surface area contributed by atoms with Gasteiger partial charge in [0.2, 0.25) is 10.0 Å². The Balaban J connectivity index is 2.68. The Bertz CT molecular complexity index is 541. The molecule has 0 spiro atoms. The zero-order valence-electron chi connectivity index (χ0n) is 10.8. The van der Waals surface area contributed by atoms with Gasteiger partial charge < -0.3 is 10.5 Å². The Kier molecular flexibility index (Phi) is 6.53. The van der Waals surface area contributed by atoms with Crippen LogP contribution in [-0.2, 0) is 14.8 Å². The van der Waals surface area contributed by atoms with Crippen LogP contribution in [0.3, 0.4) is 0 Å². The lowest BCUT2D eigenvalue weighted by Gasteiger charge is -2.06. The largest absolute Gasteiger partial charge is 0.385 e. The summed E-state index contributed by atoms with van der Waals surface area (Å²) < 4.78 is 31.2. The van der Waals surface area contributed by atoms with Gasteiger partial charge in [-0.05, 0) is 30.7 Å². The highest BCUT2D eigenvalue weighted by Gasteiger charge is 2.12. The lowest BCUT2D eigenvalue weighted by Crippen LogP contribution is -2.25. The van der Waals surface area contributed by atoms with E-state index in [0.29, 0.717) is 19.6 Å². The van der Waals surface area contributed by atoms with E-state index in [4.69, 9.17) is 10.5 Å². The summed E-state index contributed by atoms with van der Waals surface area (Å²) in [4.78, 5) is 0.225. The van der Waals surface area contributed by atoms with E-state index in [2.05, 4.69) is 16.6 Å². The van der Waals surface area contributed by atoms with Crippen LogP contribution in [0.15, 0.2) is 29.2 Å². The Labute approximate surface area is 114 Å². The molecule has 0 heterocycles. The maximum absolute atomic E-state index is 11.9. The van der Waals surface area contributed by atoms with Gasteiger partial charge in [-0.3, -0.25) is 0 Å². The van der Waals surface area contributed by atoms with Crippen molar-refractivity contribution in [2.75, 3.05) is 26.8 Å². The molecule has 0 bridgehead atoms. The first-order valence-corrected chi connectivity index (χ1v) is 7.36. The molecule has 0 radical (unpaired) electrons. The van der Waals surface area contributed by atoms with Crippen molar-refractivity contribution in [2.45, 2.75) is 11.3 Å². The molecule has 0 aliphatic rings. The second kappa shape index (κ2) is 7.92. The monoisotopic (exact) mass is 282 g/mol. The molecule has 3 N–H and O–H groups in total. The molecule has 0 aromatic heterocycles. The van der Waals surface area contributed by atoms with Crippen LogP contribution < -0.4 is 10.5 Å². The van der Waals surface area contributed by atoms with E-state index in [1.807, 2.05) is 0 Å². The van der Waals surface area contributed by atoms with Crippen LogP contribution in [0.5, 0.6) is 0 Å². The number of nitrogens with one attached hydrogen (secondary N) is 1. The number of nitrogens with two attached hydrogens (primary N) is 1. The van der Waals surface area contributed by atoms with Crippen molar-refractivity contribution in [1.29, 1.82) is 0 Å². The average Bonchev–Trinajstić information content (AvgIpc) is 2.42. The third-order valence-corrected chi connectivity index (χ3v) is 3.79. The Morgan fingerprint density at radius 1 is 1.32 bits per heavy atom. The third-order valence-electron chi connectivity index (χ3n) is 2.32. The van der Waals surface area contributed by atoms with Crippen LogP contribution in [0.4, 0.5) is 0 Å². The normalized spacial score (nSPS) is 10.8. The Morgan fingerprint density at radius 3 is 2.58 bits per heavy atom. The molecule has 104 valence electrons. The summed E-state index contributed by atoms with van der Waals surface area (Å²) in [6.45, 7) is 1.15. The van der Waals surface area contributed by atoms with Crippen molar-refractivity contribution in [3.05, 3.63) is 29.8 Å². The van der Waals surface area contributed by atoms with E-state index in [1.165, 1.54) is 12.1 Å². The van der Waals surface area contributed by atoms with Crippen molar-refractivity contribution in [2.24, 2.45) is 5.73 Å². The molecule has 0 fully saturated rings. The summed E-state index contributed by atoms with van der Waals surface area (Å²) in [6.07, 6.45) is 0.635. The molecule has 1 aromatic carbocycles. The average molecular weight is 282 g/mol. The number of ether oxygens (including phenoxy) is 1. The van der Waals surface area contributed by atoms with E-state index in [-0.39, 0.29) is 11.4 Å². The maximum Gasteiger partial charge on any atom is 0.240 e. The number of hydrogen-bond donors (Lipinski definition) is 2. The number of hydrogen-bond acceptors (Lipinski definition) is 4. The van der Waals surface area contributed by atoms with Gasteiger partial charge in [0.25, 0.3) is 0 Å². The second-order valence-corrected chi connectivity index (χ2v) is 5.54. The van der Waals surface area contributed by atoms with Crippen molar-refractivity contribution in [3.63, 3.8) is 0 Å². The SMILES string of the molecule is COCCCNS(=O)(=O)c1ccc(C#CCN)cc1. The summed E-state index contributed by atoms with van der Waals surface area (Å²) in [7, 11) is -1.88. The van der Waals surface area contributed by atoms with Gasteiger partial charge in [0.05, 0.1) is 11.4 Å². The van der Waals surface area contributed by atoms with Crippen molar-refractivity contribution in [1.82, 2.24) is 4.72 Å². The smallest absolute Gasteiger partial charge is 0.240 e. The summed E-state index contributed by atoms with van der Waals surface area (Å²) in [5, 5.41) is 0. The zero-order valence-corrected chi connectivity index (χ0v) is 11.7. The van der Waals surface area contributed by atoms with Crippen LogP contribution in [0.2, 0.25) is 0 Å². The van der Waals surface area contributed by atoms with Gasteiger partial charge in [-0.25, -0.2) is 13.1 Å². The van der Waals surface area contributed by atoms with Gasteiger partial charge >= 0.3 is 0 Å². The molecule has 1 rings (SSSR count). The molecule has 0 saturated carbocycles. The Morgan fingerprint density at radius 2 is 2.00 bits per heavy atom. The van der Waals surface area contributed by atoms with Crippen molar-refractivity contribution < 1.29 is 13.2 Å². The number of rotatable bonds is 6. The lowest BCUT2D eigenvalue weighted by atomic mass is 10.2. The van der Waals surface area contributed by atoms with Gasteiger partial charge in [-0.15, -0.1) is 0 Å². The predicted octanol–water partition coefficient (Wildman–Crippen LogP) is 0.312. The molecule has 5 nitrogen and oxygen atoms in total. The topological polar surface area (TPSA) is 81.4 Å². The first kappa shape index (κ1) is 15.7. The zero-order chi connectivity index (χ0) is 14.1. The molecule has 19 heavy (non-hydrogen) atoms. The first-order chi connectivity index (χ1) is 9.10. The standard InChI is InChI=1S/C13H18N2O3S/c1-18-11-3-10-15-19(16,17)13-7-5-12(6-8-13)4-2-9-14/h5-8,15H,3,9-11,14H2,1H3. The maximum atomic E-state index is 11.9. The van der Waals surface area contributed by atoms with Gasteiger partial charge in [-0.2, -0.15) is 0 Å². The van der Waals surface area contributed by atoms with Gasteiger partial charge in [0.15, 0.2) is 0 Å². The van der Waals surface area contributed by atoms with E-state index >= 15 is 0 Å². The summed E-state index contributed by atoms with van der Waals surface area (Å²) in [5.74, 6) is 5.55. The molecule has 0 aliphatic carbocycles. The van der Waals surface area contributed by atoms with Crippen LogP contribution in [-0.4, -0.2) is 35.2 Å².